The molecule has 2 N–H and O–H groups in total. The van der Waals surface area contributed by atoms with Crippen LogP contribution in [0.3, 0.4) is 0 Å². The van der Waals surface area contributed by atoms with Gasteiger partial charge in [0.1, 0.15) is 0 Å². The molecule has 21 heavy (non-hydrogen) atoms. The molecule has 1 aliphatic rings. The smallest absolute Gasteiger partial charge is 0.221 e. The van der Waals surface area contributed by atoms with Gasteiger partial charge in [-0.2, -0.15) is 0 Å². The van der Waals surface area contributed by atoms with Gasteiger partial charge in [-0.3, -0.25) is 4.79 Å². The number of carbonyl (C=O) groups excluding carboxylic acids is 1. The first-order chi connectivity index (χ1) is 10.1. The highest BCUT2D eigenvalue weighted by Gasteiger charge is 2.22. The molecule has 1 aromatic carbocycles. The molecule has 0 aliphatic carbocycles. The van der Waals surface area contributed by atoms with Gasteiger partial charge in [0.05, 0.1) is 0 Å². The second kappa shape index (κ2) is 7.85. The third kappa shape index (κ3) is 5.04. The van der Waals surface area contributed by atoms with Gasteiger partial charge in [-0.15, -0.1) is 11.8 Å². The van der Waals surface area contributed by atoms with E-state index in [1.54, 1.807) is 11.8 Å². The van der Waals surface area contributed by atoms with Crippen LogP contribution in [0.1, 0.15) is 30.9 Å². The minimum atomic E-state index is 0.173. The Balaban J connectivity index is 1.72. The monoisotopic (exact) mass is 306 g/mol. The second-order valence-corrected chi connectivity index (χ2v) is 7.16. The highest BCUT2D eigenvalue weighted by molar-refractivity contribution is 7.99. The normalized spacial score (nSPS) is 22.0. The number of piperidine rings is 1. The number of hydrogen-bond acceptors (Lipinski definition) is 3. The number of hydrogen-bond donors (Lipinski definition) is 2. The minimum Gasteiger partial charge on any atom is -0.352 e. The minimum absolute atomic E-state index is 0.173. The number of thioether (sulfide) groups is 1. The van der Waals surface area contributed by atoms with Crippen molar-refractivity contribution in [2.75, 3.05) is 18.8 Å². The maximum absolute atomic E-state index is 12.0. The summed E-state index contributed by atoms with van der Waals surface area (Å²) in [5.74, 6) is 1.58. The quantitative estimate of drug-likeness (QED) is 0.822. The second-order valence-electron chi connectivity index (χ2n) is 5.99. The largest absolute Gasteiger partial charge is 0.352 e. The zero-order valence-electron chi connectivity index (χ0n) is 13.2. The molecule has 0 aromatic heterocycles. The van der Waals surface area contributed by atoms with Gasteiger partial charge in [0.15, 0.2) is 0 Å². The summed E-state index contributed by atoms with van der Waals surface area (Å²) in [7, 11) is 0. The molecule has 2 rings (SSSR count). The summed E-state index contributed by atoms with van der Waals surface area (Å²) in [6.07, 6.45) is 1.73. The van der Waals surface area contributed by atoms with E-state index in [1.165, 1.54) is 16.0 Å². The van der Waals surface area contributed by atoms with Crippen LogP contribution in [0.2, 0.25) is 0 Å². The van der Waals surface area contributed by atoms with E-state index in [0.717, 1.165) is 25.3 Å². The lowest BCUT2D eigenvalue weighted by Crippen LogP contribution is -2.50. The third-order valence-corrected chi connectivity index (χ3v) is 5.25. The van der Waals surface area contributed by atoms with Gasteiger partial charge in [-0.05, 0) is 56.0 Å². The van der Waals surface area contributed by atoms with Crippen molar-refractivity contribution in [1.29, 1.82) is 0 Å². The lowest BCUT2D eigenvalue weighted by Gasteiger charge is -2.30. The molecule has 3 nitrogen and oxygen atoms in total. The van der Waals surface area contributed by atoms with Crippen LogP contribution in [0.25, 0.3) is 0 Å². The van der Waals surface area contributed by atoms with Crippen molar-refractivity contribution in [1.82, 2.24) is 10.6 Å². The van der Waals surface area contributed by atoms with Gasteiger partial charge >= 0.3 is 0 Å². The van der Waals surface area contributed by atoms with Crippen molar-refractivity contribution in [3.63, 3.8) is 0 Å². The van der Waals surface area contributed by atoms with Crippen LogP contribution >= 0.6 is 11.8 Å². The fraction of sp³-hybridized carbons (Fsp3) is 0.588. The molecule has 0 spiro atoms. The Labute approximate surface area is 132 Å². The van der Waals surface area contributed by atoms with E-state index >= 15 is 0 Å². The molecule has 0 bridgehead atoms. The van der Waals surface area contributed by atoms with Crippen LogP contribution in [0, 0.1) is 19.8 Å². The molecular formula is C17H26N2OS. The molecule has 1 aromatic rings. The highest BCUT2D eigenvalue weighted by Crippen LogP contribution is 2.21. The topological polar surface area (TPSA) is 41.1 Å². The van der Waals surface area contributed by atoms with Gasteiger partial charge in [0.2, 0.25) is 5.91 Å². The molecule has 0 radical (unpaired) electrons. The zero-order chi connectivity index (χ0) is 15.2. The van der Waals surface area contributed by atoms with Crippen LogP contribution in [-0.4, -0.2) is 30.8 Å². The van der Waals surface area contributed by atoms with Gasteiger partial charge in [-0.25, -0.2) is 0 Å². The van der Waals surface area contributed by atoms with Crippen LogP contribution in [0.4, 0.5) is 0 Å². The summed E-state index contributed by atoms with van der Waals surface area (Å²) in [6.45, 7) is 8.43. The molecule has 1 fully saturated rings. The van der Waals surface area contributed by atoms with Crippen molar-refractivity contribution in [2.24, 2.45) is 5.92 Å². The summed E-state index contributed by atoms with van der Waals surface area (Å²) in [6, 6.07) is 6.77. The number of aryl methyl sites for hydroxylation is 2. The van der Waals surface area contributed by atoms with E-state index < -0.39 is 0 Å². The summed E-state index contributed by atoms with van der Waals surface area (Å²) in [4.78, 5) is 13.3. The summed E-state index contributed by atoms with van der Waals surface area (Å²) >= 11 is 1.76. The average molecular weight is 306 g/mol. The summed E-state index contributed by atoms with van der Waals surface area (Å²) in [5.41, 5.74) is 2.63. The Kier molecular flexibility index (Phi) is 6.12. The molecule has 2 unspecified atom stereocenters. The molecule has 1 aliphatic heterocycles. The number of benzene rings is 1. The van der Waals surface area contributed by atoms with Crippen LogP contribution in [-0.2, 0) is 4.79 Å². The van der Waals surface area contributed by atoms with E-state index in [1.807, 2.05) is 0 Å². The van der Waals surface area contributed by atoms with Crippen LogP contribution in [0.5, 0.6) is 0 Å². The van der Waals surface area contributed by atoms with Crippen molar-refractivity contribution < 1.29 is 4.79 Å². The van der Waals surface area contributed by atoms with E-state index in [9.17, 15) is 4.79 Å². The first-order valence-electron chi connectivity index (χ1n) is 7.76. The van der Waals surface area contributed by atoms with Crippen LogP contribution < -0.4 is 10.6 Å². The predicted octanol–water partition coefficient (Wildman–Crippen LogP) is 2.90. The Hall–Kier alpha value is -1.00. The first kappa shape index (κ1) is 16.4. The molecule has 116 valence electrons. The summed E-state index contributed by atoms with van der Waals surface area (Å²) in [5, 5.41) is 6.50. The fourth-order valence-corrected chi connectivity index (χ4v) is 3.47. The van der Waals surface area contributed by atoms with Crippen molar-refractivity contribution >= 4 is 17.7 Å². The first-order valence-corrected chi connectivity index (χ1v) is 8.75. The molecule has 4 heteroatoms. The van der Waals surface area contributed by atoms with Gasteiger partial charge < -0.3 is 10.6 Å². The Morgan fingerprint density at radius 3 is 2.90 bits per heavy atom. The Bertz CT molecular complexity index is 490. The van der Waals surface area contributed by atoms with Gasteiger partial charge in [0.25, 0.3) is 0 Å². The summed E-state index contributed by atoms with van der Waals surface area (Å²) < 4.78 is 0. The average Bonchev–Trinajstić information content (AvgIpc) is 2.45. The number of carbonyl (C=O) groups is 1. The van der Waals surface area contributed by atoms with Crippen molar-refractivity contribution in [2.45, 2.75) is 44.6 Å². The predicted molar refractivity (Wildman–Crippen MR) is 89.8 cm³/mol. The van der Waals surface area contributed by atoms with Crippen molar-refractivity contribution in [3.8, 4) is 0 Å². The zero-order valence-corrected chi connectivity index (χ0v) is 14.1. The molecule has 1 saturated heterocycles. The highest BCUT2D eigenvalue weighted by atomic mass is 32.2. The standard InChI is InChI=1S/C17H26N2OS/c1-12-4-5-15(10-14(12)3)21-9-7-17(20)19-16-11-18-8-6-13(16)2/h4-5,10,13,16,18H,6-9,11H2,1-3H3,(H,19,20). The molecule has 0 saturated carbocycles. The Morgan fingerprint density at radius 2 is 2.19 bits per heavy atom. The van der Waals surface area contributed by atoms with Gasteiger partial charge in [-0.1, -0.05) is 13.0 Å². The lowest BCUT2D eigenvalue weighted by molar-refractivity contribution is -0.121. The Morgan fingerprint density at radius 1 is 1.38 bits per heavy atom. The molecule has 1 amide bonds. The SMILES string of the molecule is Cc1ccc(SCCC(=O)NC2CNCCC2C)cc1C. The number of rotatable bonds is 5. The molecule has 1 heterocycles. The number of amides is 1. The van der Waals surface area contributed by atoms with E-state index in [-0.39, 0.29) is 11.9 Å². The third-order valence-electron chi connectivity index (χ3n) is 4.25. The van der Waals surface area contributed by atoms with E-state index in [0.29, 0.717) is 12.3 Å². The maximum atomic E-state index is 12.0. The lowest BCUT2D eigenvalue weighted by atomic mass is 9.95. The fourth-order valence-electron chi connectivity index (χ4n) is 2.53. The number of nitrogens with one attached hydrogen (secondary N) is 2. The molecular weight excluding hydrogens is 280 g/mol. The van der Waals surface area contributed by atoms with Crippen molar-refractivity contribution in [3.05, 3.63) is 29.3 Å². The van der Waals surface area contributed by atoms with E-state index in [4.69, 9.17) is 0 Å². The van der Waals surface area contributed by atoms with Gasteiger partial charge in [0, 0.05) is 29.7 Å². The maximum Gasteiger partial charge on any atom is 0.221 e. The van der Waals surface area contributed by atoms with E-state index in [2.05, 4.69) is 49.6 Å². The van der Waals surface area contributed by atoms with Crippen LogP contribution in [0.15, 0.2) is 23.1 Å². The molecule has 2 atom stereocenters.